The first-order valence-electron chi connectivity index (χ1n) is 24.3. The third kappa shape index (κ3) is 6.64. The topological polar surface area (TPSA) is 6.48 Å². The van der Waals surface area contributed by atoms with Crippen LogP contribution >= 0.6 is 0 Å². The molecule has 0 N–H and O–H groups in total. The zero-order valence-corrected chi connectivity index (χ0v) is 41.7. The highest BCUT2D eigenvalue weighted by molar-refractivity contribution is 7.00. The summed E-state index contributed by atoms with van der Waals surface area (Å²) in [7, 11) is 0. The molecule has 6 aromatic carbocycles. The Bertz CT molecular complexity index is 2880. The highest BCUT2D eigenvalue weighted by Crippen LogP contribution is 2.53. The fourth-order valence-corrected chi connectivity index (χ4v) is 11.9. The van der Waals surface area contributed by atoms with E-state index >= 15 is 0 Å². The van der Waals surface area contributed by atoms with Crippen molar-refractivity contribution in [3.05, 3.63) is 148 Å². The molecule has 0 amide bonds. The van der Waals surface area contributed by atoms with Crippen LogP contribution in [-0.4, -0.2) is 6.71 Å². The van der Waals surface area contributed by atoms with Gasteiger partial charge in [0.1, 0.15) is 0 Å². The molecule has 2 heterocycles. The average Bonchev–Trinajstić information content (AvgIpc) is 3.23. The van der Waals surface area contributed by atoms with Crippen molar-refractivity contribution < 1.29 is 0 Å². The molecule has 2 nitrogen and oxygen atoms in total. The average molecular weight is 843 g/mol. The lowest BCUT2D eigenvalue weighted by molar-refractivity contribution is 0.332. The molecule has 0 bridgehead atoms. The standard InChI is InChI=1S/C61H71BN2/c1-38-31-41(56(2,3)4)22-26-50(38)64-51-32-40(39-19-17-16-18-20-39)21-25-48(51)62-49-36-46-47(61(14,15)30-29-60(46,12)13)37-52(49)63(53-33-42(57(5,6)7)34-54(64)55(53)62)43-23-24-44-45(35-43)59(10,11)28-27-58(44,8)9/h16-26,31-37H,27-30H2,1-15H3. The smallest absolute Gasteiger partial charge is 0.252 e. The molecule has 6 aromatic rings. The van der Waals surface area contributed by atoms with E-state index < -0.39 is 0 Å². The number of benzene rings is 6. The van der Waals surface area contributed by atoms with Gasteiger partial charge in [0.25, 0.3) is 6.71 Å². The molecular formula is C61H71BN2. The summed E-state index contributed by atoms with van der Waals surface area (Å²) in [6.07, 6.45) is 4.75. The Morgan fingerprint density at radius 2 is 0.969 bits per heavy atom. The summed E-state index contributed by atoms with van der Waals surface area (Å²) in [6, 6.07) is 43.6. The van der Waals surface area contributed by atoms with Gasteiger partial charge in [0, 0.05) is 34.1 Å². The molecule has 0 fully saturated rings. The monoisotopic (exact) mass is 843 g/mol. The number of rotatable bonds is 3. The van der Waals surface area contributed by atoms with Crippen molar-refractivity contribution in [3.8, 4) is 11.1 Å². The summed E-state index contributed by atoms with van der Waals surface area (Å²) < 4.78 is 0. The Morgan fingerprint density at radius 3 is 1.56 bits per heavy atom. The maximum Gasteiger partial charge on any atom is 0.252 e. The van der Waals surface area contributed by atoms with E-state index in [4.69, 9.17) is 0 Å². The van der Waals surface area contributed by atoms with Crippen LogP contribution < -0.4 is 26.2 Å². The lowest BCUT2D eigenvalue weighted by Crippen LogP contribution is -2.62. The molecule has 64 heavy (non-hydrogen) atoms. The first-order chi connectivity index (χ1) is 29.9. The van der Waals surface area contributed by atoms with Crippen molar-refractivity contribution in [2.24, 2.45) is 0 Å². The SMILES string of the molecule is Cc1cc(C(C)(C)C)ccc1N1c2cc(-c3ccccc3)ccc2B2c3cc4c(cc3N(c3ccc5c(c3)C(C)(C)CCC5(C)C)c3cc(C(C)(C)C)cc1c32)C(C)(C)CCC4(C)C. The van der Waals surface area contributed by atoms with Crippen molar-refractivity contribution in [2.75, 3.05) is 9.80 Å². The van der Waals surface area contributed by atoms with Crippen LogP contribution in [0.1, 0.15) is 162 Å². The molecule has 0 atom stereocenters. The highest BCUT2D eigenvalue weighted by atomic mass is 15.2. The van der Waals surface area contributed by atoms with Crippen molar-refractivity contribution in [2.45, 2.75) is 162 Å². The molecule has 0 saturated carbocycles. The van der Waals surface area contributed by atoms with E-state index in [1.807, 2.05) is 0 Å². The van der Waals surface area contributed by atoms with Gasteiger partial charge in [-0.05, 0) is 174 Å². The summed E-state index contributed by atoms with van der Waals surface area (Å²) in [5.74, 6) is 0. The van der Waals surface area contributed by atoms with E-state index in [9.17, 15) is 0 Å². The molecule has 0 radical (unpaired) electrons. The van der Waals surface area contributed by atoms with E-state index in [-0.39, 0.29) is 39.2 Å². The quantitative estimate of drug-likeness (QED) is 0.164. The van der Waals surface area contributed by atoms with Gasteiger partial charge in [0.05, 0.1) is 0 Å². The first-order valence-corrected chi connectivity index (χ1v) is 24.3. The van der Waals surface area contributed by atoms with Crippen molar-refractivity contribution in [1.82, 2.24) is 0 Å². The van der Waals surface area contributed by atoms with Gasteiger partial charge in [-0.15, -0.1) is 0 Å². The maximum atomic E-state index is 2.72. The maximum absolute atomic E-state index is 2.72. The second kappa shape index (κ2) is 14.0. The summed E-state index contributed by atoms with van der Waals surface area (Å²) in [5.41, 5.74) is 24.8. The molecule has 10 rings (SSSR count). The lowest BCUT2D eigenvalue weighted by atomic mass is 9.33. The normalized spacial score (nSPS) is 18.7. The summed E-state index contributed by atoms with van der Waals surface area (Å²) in [6.45, 7) is 36.3. The van der Waals surface area contributed by atoms with Gasteiger partial charge in [0.2, 0.25) is 0 Å². The lowest BCUT2D eigenvalue weighted by Gasteiger charge is -2.48. The molecule has 2 aliphatic heterocycles. The van der Waals surface area contributed by atoms with Gasteiger partial charge in [-0.2, -0.15) is 0 Å². The Balaban J connectivity index is 1.35. The number of anilines is 6. The molecule has 0 saturated heterocycles. The van der Waals surface area contributed by atoms with E-state index in [2.05, 4.69) is 223 Å². The minimum atomic E-state index is -0.0975. The summed E-state index contributed by atoms with van der Waals surface area (Å²) >= 11 is 0. The van der Waals surface area contributed by atoms with Crippen molar-refractivity contribution in [1.29, 1.82) is 0 Å². The third-order valence-corrected chi connectivity index (χ3v) is 16.4. The van der Waals surface area contributed by atoms with Gasteiger partial charge < -0.3 is 9.80 Å². The minimum absolute atomic E-state index is 0.0460. The van der Waals surface area contributed by atoms with Gasteiger partial charge in [-0.1, -0.05) is 164 Å². The molecular weight excluding hydrogens is 771 g/mol. The number of hydrogen-bond donors (Lipinski definition) is 0. The van der Waals surface area contributed by atoms with Crippen LogP contribution in [0.5, 0.6) is 0 Å². The second-order valence-electron chi connectivity index (χ2n) is 24.9. The van der Waals surface area contributed by atoms with E-state index in [1.54, 1.807) is 0 Å². The van der Waals surface area contributed by atoms with Crippen molar-refractivity contribution in [3.63, 3.8) is 0 Å². The molecule has 0 aromatic heterocycles. The molecule has 328 valence electrons. The van der Waals surface area contributed by atoms with Crippen LogP contribution in [-0.2, 0) is 32.5 Å². The Labute approximate surface area is 386 Å². The van der Waals surface area contributed by atoms with E-state index in [0.29, 0.717) is 0 Å². The van der Waals surface area contributed by atoms with Gasteiger partial charge in [0.15, 0.2) is 0 Å². The first kappa shape index (κ1) is 42.9. The molecule has 2 aliphatic carbocycles. The second-order valence-corrected chi connectivity index (χ2v) is 24.9. The van der Waals surface area contributed by atoms with Gasteiger partial charge in [-0.3, -0.25) is 0 Å². The van der Waals surface area contributed by atoms with Crippen LogP contribution in [0.2, 0.25) is 0 Å². The predicted molar refractivity (Wildman–Crippen MR) is 279 cm³/mol. The molecule has 0 unspecified atom stereocenters. The number of nitrogens with zero attached hydrogens (tertiary/aromatic N) is 2. The van der Waals surface area contributed by atoms with Gasteiger partial charge in [-0.25, -0.2) is 0 Å². The number of fused-ring (bicyclic) bond motifs is 6. The summed E-state index contributed by atoms with van der Waals surface area (Å²) in [5, 5.41) is 0. The Kier molecular flexibility index (Phi) is 9.38. The number of hydrogen-bond acceptors (Lipinski definition) is 2. The zero-order chi connectivity index (χ0) is 45.7. The minimum Gasteiger partial charge on any atom is -0.311 e. The zero-order valence-electron chi connectivity index (χ0n) is 41.7. The predicted octanol–water partition coefficient (Wildman–Crippen LogP) is 15.0. The Morgan fingerprint density at radius 1 is 0.422 bits per heavy atom. The summed E-state index contributed by atoms with van der Waals surface area (Å²) in [4.78, 5) is 5.37. The van der Waals surface area contributed by atoms with Crippen LogP contribution in [0.4, 0.5) is 34.1 Å². The van der Waals surface area contributed by atoms with Gasteiger partial charge >= 0.3 is 0 Å². The van der Waals surface area contributed by atoms with Crippen LogP contribution in [0.15, 0.2) is 109 Å². The fourth-order valence-electron chi connectivity index (χ4n) is 11.9. The van der Waals surface area contributed by atoms with E-state index in [1.165, 1.54) is 126 Å². The van der Waals surface area contributed by atoms with E-state index in [0.717, 1.165) is 0 Å². The highest BCUT2D eigenvalue weighted by Gasteiger charge is 2.48. The largest absolute Gasteiger partial charge is 0.311 e. The fraction of sp³-hybridized carbons (Fsp3) is 0.410. The third-order valence-electron chi connectivity index (χ3n) is 16.4. The molecule has 3 heteroatoms. The van der Waals surface area contributed by atoms with Crippen LogP contribution in [0.3, 0.4) is 0 Å². The van der Waals surface area contributed by atoms with Crippen LogP contribution in [0, 0.1) is 6.92 Å². The molecule has 4 aliphatic rings. The van der Waals surface area contributed by atoms with Crippen molar-refractivity contribution >= 4 is 57.2 Å². The number of aryl methyl sites for hydroxylation is 1. The Hall–Kier alpha value is -5.02. The van der Waals surface area contributed by atoms with Crippen LogP contribution in [0.25, 0.3) is 11.1 Å². The molecule has 0 spiro atoms.